The van der Waals surface area contributed by atoms with Crippen molar-refractivity contribution in [3.05, 3.63) is 41.7 Å². The molecule has 0 bridgehead atoms. The van der Waals surface area contributed by atoms with Crippen LogP contribution in [0.1, 0.15) is 15.9 Å². The molecule has 0 saturated carbocycles. The Hall–Kier alpha value is -2.30. The zero-order valence-electron chi connectivity index (χ0n) is 9.64. The largest absolute Gasteiger partial charge is 0.508 e. The molecule has 0 aliphatic rings. The standard InChI is InChI=1S/C12H13N3O2/c1-8-5-10(3-4-11(8)16)14-12(17)9-6-13-15(2)7-9/h3-7,16H,1-2H3,(H,14,17). The molecule has 0 atom stereocenters. The van der Waals surface area contributed by atoms with Crippen LogP contribution in [0.25, 0.3) is 0 Å². The summed E-state index contributed by atoms with van der Waals surface area (Å²) in [5.41, 5.74) is 1.86. The van der Waals surface area contributed by atoms with Gasteiger partial charge in [-0.3, -0.25) is 9.48 Å². The lowest BCUT2D eigenvalue weighted by molar-refractivity contribution is 0.102. The minimum Gasteiger partial charge on any atom is -0.508 e. The molecule has 2 aromatic rings. The van der Waals surface area contributed by atoms with Crippen LogP contribution in [0.3, 0.4) is 0 Å². The smallest absolute Gasteiger partial charge is 0.258 e. The Balaban J connectivity index is 2.15. The highest BCUT2D eigenvalue weighted by molar-refractivity contribution is 6.04. The molecule has 0 fully saturated rings. The normalized spacial score (nSPS) is 10.2. The van der Waals surface area contributed by atoms with Crippen molar-refractivity contribution in [1.82, 2.24) is 9.78 Å². The Labute approximate surface area is 98.7 Å². The van der Waals surface area contributed by atoms with Gasteiger partial charge in [0, 0.05) is 18.9 Å². The van der Waals surface area contributed by atoms with Crippen molar-refractivity contribution in [2.45, 2.75) is 6.92 Å². The Bertz CT molecular complexity index is 561. The first-order valence-electron chi connectivity index (χ1n) is 5.16. The molecule has 2 rings (SSSR count). The van der Waals surface area contributed by atoms with E-state index in [1.54, 1.807) is 43.0 Å². The molecule has 88 valence electrons. The minimum absolute atomic E-state index is 0.212. The highest BCUT2D eigenvalue weighted by Crippen LogP contribution is 2.20. The zero-order chi connectivity index (χ0) is 12.4. The number of nitrogens with zero attached hydrogens (tertiary/aromatic N) is 2. The lowest BCUT2D eigenvalue weighted by Gasteiger charge is -2.05. The summed E-state index contributed by atoms with van der Waals surface area (Å²) in [6.07, 6.45) is 3.14. The van der Waals surface area contributed by atoms with Gasteiger partial charge in [0.2, 0.25) is 0 Å². The summed E-state index contributed by atoms with van der Waals surface area (Å²) >= 11 is 0. The number of rotatable bonds is 2. The van der Waals surface area contributed by atoms with Crippen molar-refractivity contribution in [1.29, 1.82) is 0 Å². The van der Waals surface area contributed by atoms with Gasteiger partial charge < -0.3 is 10.4 Å². The van der Waals surface area contributed by atoms with Crippen LogP contribution in [0.5, 0.6) is 5.75 Å². The minimum atomic E-state index is -0.219. The number of hydrogen-bond acceptors (Lipinski definition) is 3. The fraction of sp³-hybridized carbons (Fsp3) is 0.167. The first-order chi connectivity index (χ1) is 8.06. The molecule has 0 spiro atoms. The molecule has 1 aromatic carbocycles. The second-order valence-corrected chi connectivity index (χ2v) is 3.86. The molecule has 0 unspecified atom stereocenters. The number of aryl methyl sites for hydroxylation is 2. The van der Waals surface area contributed by atoms with E-state index in [9.17, 15) is 9.90 Å². The van der Waals surface area contributed by atoms with E-state index < -0.39 is 0 Å². The van der Waals surface area contributed by atoms with Crippen molar-refractivity contribution in [2.24, 2.45) is 7.05 Å². The quantitative estimate of drug-likeness (QED) is 0.773. The lowest BCUT2D eigenvalue weighted by atomic mass is 10.2. The second-order valence-electron chi connectivity index (χ2n) is 3.86. The summed E-state index contributed by atoms with van der Waals surface area (Å²) in [4.78, 5) is 11.8. The number of phenolic OH excluding ortho intramolecular Hbond substituents is 1. The van der Waals surface area contributed by atoms with E-state index in [0.29, 0.717) is 16.8 Å². The van der Waals surface area contributed by atoms with Gasteiger partial charge in [-0.2, -0.15) is 5.10 Å². The van der Waals surface area contributed by atoms with Crippen LogP contribution < -0.4 is 5.32 Å². The van der Waals surface area contributed by atoms with E-state index in [-0.39, 0.29) is 11.7 Å². The molecule has 1 heterocycles. The van der Waals surface area contributed by atoms with Crippen molar-refractivity contribution in [3.8, 4) is 5.75 Å². The Morgan fingerprint density at radius 2 is 2.24 bits per heavy atom. The molecular weight excluding hydrogens is 218 g/mol. The molecule has 0 aliphatic carbocycles. The summed E-state index contributed by atoms with van der Waals surface area (Å²) in [7, 11) is 1.75. The first-order valence-corrected chi connectivity index (χ1v) is 5.16. The van der Waals surface area contributed by atoms with Gasteiger partial charge in [-0.25, -0.2) is 0 Å². The molecule has 0 radical (unpaired) electrons. The third-order valence-corrected chi connectivity index (χ3v) is 2.42. The van der Waals surface area contributed by atoms with E-state index in [0.717, 1.165) is 0 Å². The van der Waals surface area contributed by atoms with Gasteiger partial charge >= 0.3 is 0 Å². The molecule has 5 nitrogen and oxygen atoms in total. The molecule has 1 amide bonds. The predicted octanol–water partition coefficient (Wildman–Crippen LogP) is 1.69. The Kier molecular flexibility index (Phi) is 2.82. The number of benzene rings is 1. The van der Waals surface area contributed by atoms with Gasteiger partial charge in [-0.05, 0) is 30.7 Å². The number of amides is 1. The number of nitrogens with one attached hydrogen (secondary N) is 1. The lowest BCUT2D eigenvalue weighted by Crippen LogP contribution is -2.11. The fourth-order valence-electron chi connectivity index (χ4n) is 1.47. The van der Waals surface area contributed by atoms with Crippen LogP contribution in [0.4, 0.5) is 5.69 Å². The number of hydrogen-bond donors (Lipinski definition) is 2. The Morgan fingerprint density at radius 1 is 1.47 bits per heavy atom. The SMILES string of the molecule is Cc1cc(NC(=O)c2cnn(C)c2)ccc1O. The van der Waals surface area contributed by atoms with E-state index in [1.165, 1.54) is 6.20 Å². The van der Waals surface area contributed by atoms with E-state index in [1.807, 2.05) is 0 Å². The van der Waals surface area contributed by atoms with Crippen molar-refractivity contribution < 1.29 is 9.90 Å². The summed E-state index contributed by atoms with van der Waals surface area (Å²) in [5.74, 6) is -0.00688. The number of aromatic hydroxyl groups is 1. The van der Waals surface area contributed by atoms with Crippen LogP contribution in [0.15, 0.2) is 30.6 Å². The fourth-order valence-corrected chi connectivity index (χ4v) is 1.47. The Morgan fingerprint density at radius 3 is 2.82 bits per heavy atom. The number of phenols is 1. The van der Waals surface area contributed by atoms with Crippen molar-refractivity contribution in [3.63, 3.8) is 0 Å². The second kappa shape index (κ2) is 4.29. The summed E-state index contributed by atoms with van der Waals surface area (Å²) in [5, 5.41) is 16.0. The van der Waals surface area contributed by atoms with Crippen LogP contribution in [0, 0.1) is 6.92 Å². The first kappa shape index (κ1) is 11.2. The third kappa shape index (κ3) is 2.44. The topological polar surface area (TPSA) is 67.2 Å². The molecule has 0 aliphatic heterocycles. The third-order valence-electron chi connectivity index (χ3n) is 2.42. The number of carbonyl (C=O) groups excluding carboxylic acids is 1. The van der Waals surface area contributed by atoms with E-state index in [4.69, 9.17) is 0 Å². The van der Waals surface area contributed by atoms with Crippen LogP contribution >= 0.6 is 0 Å². The summed E-state index contributed by atoms with van der Waals surface area (Å²) in [6.45, 7) is 1.77. The molecule has 0 saturated heterocycles. The summed E-state index contributed by atoms with van der Waals surface area (Å²) in [6, 6.07) is 4.91. The van der Waals surface area contributed by atoms with Crippen LogP contribution in [0.2, 0.25) is 0 Å². The van der Waals surface area contributed by atoms with Gasteiger partial charge in [0.1, 0.15) is 5.75 Å². The van der Waals surface area contributed by atoms with E-state index >= 15 is 0 Å². The highest BCUT2D eigenvalue weighted by Gasteiger charge is 2.08. The van der Waals surface area contributed by atoms with Crippen molar-refractivity contribution in [2.75, 3.05) is 5.32 Å². The van der Waals surface area contributed by atoms with Gasteiger partial charge in [0.15, 0.2) is 0 Å². The monoisotopic (exact) mass is 231 g/mol. The maximum absolute atomic E-state index is 11.8. The maximum Gasteiger partial charge on any atom is 0.258 e. The predicted molar refractivity (Wildman–Crippen MR) is 64.0 cm³/mol. The van der Waals surface area contributed by atoms with Crippen molar-refractivity contribution >= 4 is 11.6 Å². The molecule has 1 aromatic heterocycles. The van der Waals surface area contributed by atoms with Gasteiger partial charge in [0.25, 0.3) is 5.91 Å². The molecular formula is C12H13N3O2. The molecule has 5 heteroatoms. The van der Waals surface area contributed by atoms with Gasteiger partial charge in [-0.15, -0.1) is 0 Å². The average Bonchev–Trinajstić information content (AvgIpc) is 2.70. The van der Waals surface area contributed by atoms with E-state index in [2.05, 4.69) is 10.4 Å². The van der Waals surface area contributed by atoms with Crippen LogP contribution in [-0.4, -0.2) is 20.8 Å². The number of aromatic nitrogens is 2. The average molecular weight is 231 g/mol. The zero-order valence-corrected chi connectivity index (χ0v) is 9.64. The highest BCUT2D eigenvalue weighted by atomic mass is 16.3. The van der Waals surface area contributed by atoms with Gasteiger partial charge in [0.05, 0.1) is 11.8 Å². The van der Waals surface area contributed by atoms with Gasteiger partial charge in [-0.1, -0.05) is 0 Å². The summed E-state index contributed by atoms with van der Waals surface area (Å²) < 4.78 is 1.57. The molecule has 17 heavy (non-hydrogen) atoms. The van der Waals surface area contributed by atoms with Crippen LogP contribution in [-0.2, 0) is 7.05 Å². The number of anilines is 1. The maximum atomic E-state index is 11.8. The number of carbonyl (C=O) groups is 1. The molecule has 2 N–H and O–H groups in total.